The third-order valence-electron chi connectivity index (χ3n) is 7.07. The summed E-state index contributed by atoms with van der Waals surface area (Å²) in [4.78, 5) is 5.33. The molecule has 0 radical (unpaired) electrons. The average molecular weight is 435 g/mol. The van der Waals surface area contributed by atoms with Crippen molar-refractivity contribution in [2.45, 2.75) is 162 Å². The zero-order chi connectivity index (χ0) is 22.4. The van der Waals surface area contributed by atoms with Crippen LogP contribution in [0, 0.1) is 0 Å². The van der Waals surface area contributed by atoms with E-state index < -0.39 is 0 Å². The van der Waals surface area contributed by atoms with Gasteiger partial charge in [0.25, 0.3) is 0 Å². The average Bonchev–Trinajstić information content (AvgIpc) is 3.16. The van der Waals surface area contributed by atoms with Crippen LogP contribution in [-0.2, 0) is 0 Å². The van der Waals surface area contributed by atoms with Gasteiger partial charge in [-0.2, -0.15) is 0 Å². The molecular weight excluding hydrogens is 376 g/mol. The molecular formula is C29H58N2. The van der Waals surface area contributed by atoms with Crippen molar-refractivity contribution in [1.29, 1.82) is 0 Å². The first-order valence-corrected chi connectivity index (χ1v) is 14.5. The van der Waals surface area contributed by atoms with E-state index in [1.54, 1.807) is 0 Å². The lowest BCUT2D eigenvalue weighted by molar-refractivity contribution is 0.135. The van der Waals surface area contributed by atoms with Gasteiger partial charge in [-0.1, -0.05) is 130 Å². The molecule has 1 rings (SSSR count). The Bertz CT molecular complexity index is 392. The van der Waals surface area contributed by atoms with Gasteiger partial charge >= 0.3 is 0 Å². The fraction of sp³-hybridized carbons (Fsp3) is 0.931. The predicted octanol–water partition coefficient (Wildman–Crippen LogP) is 9.65. The highest BCUT2D eigenvalue weighted by Gasteiger charge is 2.24. The van der Waals surface area contributed by atoms with Crippen LogP contribution in [0.25, 0.3) is 0 Å². The summed E-state index contributed by atoms with van der Waals surface area (Å²) >= 11 is 0. The van der Waals surface area contributed by atoms with Gasteiger partial charge in [-0.3, -0.25) is 0 Å². The van der Waals surface area contributed by atoms with Crippen molar-refractivity contribution in [3.05, 3.63) is 12.4 Å². The van der Waals surface area contributed by atoms with Crippen LogP contribution in [0.1, 0.15) is 156 Å². The van der Waals surface area contributed by atoms with E-state index in [9.17, 15) is 0 Å². The lowest BCUT2D eigenvalue weighted by Crippen LogP contribution is -2.39. The Morgan fingerprint density at radius 3 is 1.16 bits per heavy atom. The molecule has 2 heteroatoms. The Balaban J connectivity index is 2.18. The number of nitrogens with zero attached hydrogens (tertiary/aromatic N) is 2. The van der Waals surface area contributed by atoms with Gasteiger partial charge < -0.3 is 9.80 Å². The Labute approximate surface area is 197 Å². The molecule has 0 aromatic rings. The second kappa shape index (κ2) is 21.2. The quantitative estimate of drug-likeness (QED) is 0.148. The minimum absolute atomic E-state index is 0.645. The van der Waals surface area contributed by atoms with Crippen molar-refractivity contribution >= 4 is 0 Å². The summed E-state index contributed by atoms with van der Waals surface area (Å²) in [5, 5.41) is 0. The van der Waals surface area contributed by atoms with Gasteiger partial charge in [-0.25, -0.2) is 0 Å². The first kappa shape index (κ1) is 28.4. The molecule has 1 atom stereocenters. The van der Waals surface area contributed by atoms with Crippen molar-refractivity contribution < 1.29 is 0 Å². The van der Waals surface area contributed by atoms with Crippen molar-refractivity contribution in [1.82, 2.24) is 9.80 Å². The molecule has 0 spiro atoms. The molecule has 0 amide bonds. The third kappa shape index (κ3) is 14.9. The van der Waals surface area contributed by atoms with E-state index in [-0.39, 0.29) is 0 Å². The molecule has 0 saturated carbocycles. The molecule has 2 nitrogen and oxygen atoms in total. The first-order valence-electron chi connectivity index (χ1n) is 14.5. The SMILES string of the molecule is CCCCCCCCCCCCCN1C=CN(CCCCCC)C1CCCCCCC. The van der Waals surface area contributed by atoms with Crippen molar-refractivity contribution in [2.24, 2.45) is 0 Å². The summed E-state index contributed by atoms with van der Waals surface area (Å²) in [6.45, 7) is 9.45. The minimum atomic E-state index is 0.645. The molecule has 1 aliphatic rings. The summed E-state index contributed by atoms with van der Waals surface area (Å²) in [7, 11) is 0. The Morgan fingerprint density at radius 1 is 0.419 bits per heavy atom. The summed E-state index contributed by atoms with van der Waals surface area (Å²) in [6, 6.07) is 0. The second-order valence-corrected chi connectivity index (χ2v) is 10.1. The minimum Gasteiger partial charge on any atom is -0.356 e. The number of unbranched alkanes of at least 4 members (excludes halogenated alkanes) is 17. The molecule has 0 bridgehead atoms. The zero-order valence-electron chi connectivity index (χ0n) is 21.9. The Hall–Kier alpha value is -0.660. The zero-order valence-corrected chi connectivity index (χ0v) is 21.9. The molecule has 1 aliphatic heterocycles. The van der Waals surface area contributed by atoms with Crippen molar-refractivity contribution in [3.8, 4) is 0 Å². The Morgan fingerprint density at radius 2 is 0.742 bits per heavy atom. The molecule has 31 heavy (non-hydrogen) atoms. The van der Waals surface area contributed by atoms with Gasteiger partial charge in [0, 0.05) is 25.5 Å². The maximum atomic E-state index is 2.67. The van der Waals surface area contributed by atoms with Crippen LogP contribution in [-0.4, -0.2) is 29.1 Å². The molecule has 1 unspecified atom stereocenters. The van der Waals surface area contributed by atoms with E-state index >= 15 is 0 Å². The summed E-state index contributed by atoms with van der Waals surface area (Å²) < 4.78 is 0. The van der Waals surface area contributed by atoms with Crippen LogP contribution in [0.3, 0.4) is 0 Å². The van der Waals surface area contributed by atoms with Crippen LogP contribution >= 0.6 is 0 Å². The fourth-order valence-corrected chi connectivity index (χ4v) is 4.95. The number of hydrogen-bond acceptors (Lipinski definition) is 2. The highest BCUT2D eigenvalue weighted by atomic mass is 15.4. The maximum absolute atomic E-state index is 2.67. The van der Waals surface area contributed by atoms with Crippen molar-refractivity contribution in [3.63, 3.8) is 0 Å². The van der Waals surface area contributed by atoms with Crippen LogP contribution in [0.5, 0.6) is 0 Å². The van der Waals surface area contributed by atoms with Gasteiger partial charge in [-0.15, -0.1) is 0 Å². The predicted molar refractivity (Wildman–Crippen MR) is 140 cm³/mol. The second-order valence-electron chi connectivity index (χ2n) is 10.1. The fourth-order valence-electron chi connectivity index (χ4n) is 4.95. The van der Waals surface area contributed by atoms with Gasteiger partial charge in [-0.05, 0) is 25.7 Å². The first-order chi connectivity index (χ1) is 15.3. The van der Waals surface area contributed by atoms with Crippen LogP contribution in [0.4, 0.5) is 0 Å². The maximum Gasteiger partial charge on any atom is 0.101 e. The highest BCUT2D eigenvalue weighted by molar-refractivity contribution is 4.97. The molecule has 0 aliphatic carbocycles. The van der Waals surface area contributed by atoms with E-state index in [1.165, 1.54) is 148 Å². The number of hydrogen-bond donors (Lipinski definition) is 0. The van der Waals surface area contributed by atoms with E-state index in [4.69, 9.17) is 0 Å². The third-order valence-corrected chi connectivity index (χ3v) is 7.07. The molecule has 1 heterocycles. The standard InChI is InChI=1S/C29H58N2/c1-4-7-10-13-14-15-16-17-18-20-23-26-31-28-27-30(25-22-12-9-6-3)29(31)24-21-19-11-8-5-2/h27-29H,4-26H2,1-3H3. The van der Waals surface area contributed by atoms with Gasteiger partial charge in [0.1, 0.15) is 6.17 Å². The largest absolute Gasteiger partial charge is 0.356 e. The van der Waals surface area contributed by atoms with Crippen LogP contribution in [0.15, 0.2) is 12.4 Å². The number of rotatable bonds is 23. The van der Waals surface area contributed by atoms with E-state index in [0.29, 0.717) is 6.17 Å². The van der Waals surface area contributed by atoms with Gasteiger partial charge in [0.15, 0.2) is 0 Å². The lowest BCUT2D eigenvalue weighted by atomic mass is 10.1. The smallest absolute Gasteiger partial charge is 0.101 e. The summed E-state index contributed by atoms with van der Waals surface area (Å²) in [5.41, 5.74) is 0. The van der Waals surface area contributed by atoms with Gasteiger partial charge in [0.2, 0.25) is 0 Å². The molecule has 0 aromatic heterocycles. The van der Waals surface area contributed by atoms with Gasteiger partial charge in [0.05, 0.1) is 0 Å². The molecule has 0 fully saturated rings. The van der Waals surface area contributed by atoms with Crippen LogP contribution in [0.2, 0.25) is 0 Å². The molecule has 0 aromatic carbocycles. The topological polar surface area (TPSA) is 6.48 Å². The monoisotopic (exact) mass is 434 g/mol. The normalized spacial score (nSPS) is 16.0. The van der Waals surface area contributed by atoms with E-state index in [0.717, 1.165) is 0 Å². The lowest BCUT2D eigenvalue weighted by Gasteiger charge is -2.33. The van der Waals surface area contributed by atoms with Crippen LogP contribution < -0.4 is 0 Å². The molecule has 184 valence electrons. The van der Waals surface area contributed by atoms with E-state index in [2.05, 4.69) is 43.0 Å². The molecule has 0 saturated heterocycles. The van der Waals surface area contributed by atoms with Crippen molar-refractivity contribution in [2.75, 3.05) is 13.1 Å². The summed E-state index contributed by atoms with van der Waals surface area (Å²) in [5.74, 6) is 0. The highest BCUT2D eigenvalue weighted by Crippen LogP contribution is 2.23. The van der Waals surface area contributed by atoms with E-state index in [1.807, 2.05) is 0 Å². The molecule has 0 N–H and O–H groups in total. The Kier molecular flexibility index (Phi) is 19.4. The summed E-state index contributed by atoms with van der Waals surface area (Å²) in [6.07, 6.45) is 35.1.